The molecule has 1 aromatic carbocycles. The molecule has 0 amide bonds. The van der Waals surface area contributed by atoms with E-state index >= 15 is 0 Å². The zero-order chi connectivity index (χ0) is 15.8. The topological polar surface area (TPSA) is 45.7 Å². The number of aryl methyl sites for hydroxylation is 2. The number of hydrogen-bond donors (Lipinski definition) is 2. The molecule has 23 heavy (non-hydrogen) atoms. The smallest absolute Gasteiger partial charge is 0.191 e. The molecule has 1 heterocycles. The largest absolute Gasteiger partial charge is 0.492 e. The van der Waals surface area contributed by atoms with Crippen molar-refractivity contribution in [1.82, 2.24) is 10.6 Å². The number of hydrogen-bond acceptors (Lipinski definition) is 3. The SMILES string of the molecule is CN=C(NCCOc1ccc(C)cc1)NCc1ccc(C)s1.I. The van der Waals surface area contributed by atoms with E-state index in [4.69, 9.17) is 4.74 Å². The number of nitrogens with one attached hydrogen (secondary N) is 2. The molecule has 0 aliphatic heterocycles. The van der Waals surface area contributed by atoms with Crippen LogP contribution in [0.4, 0.5) is 0 Å². The molecule has 0 aliphatic rings. The summed E-state index contributed by atoms with van der Waals surface area (Å²) in [6.45, 7) is 6.27. The summed E-state index contributed by atoms with van der Waals surface area (Å²) in [6, 6.07) is 12.3. The Morgan fingerprint density at radius 2 is 1.83 bits per heavy atom. The van der Waals surface area contributed by atoms with E-state index in [2.05, 4.69) is 41.6 Å². The maximum atomic E-state index is 5.68. The molecule has 2 aromatic rings. The van der Waals surface area contributed by atoms with Crippen molar-refractivity contribution in [3.8, 4) is 5.75 Å². The fourth-order valence-corrected chi connectivity index (χ4v) is 2.77. The molecule has 0 saturated carbocycles. The van der Waals surface area contributed by atoms with E-state index in [0.717, 1.165) is 18.3 Å². The van der Waals surface area contributed by atoms with Crippen LogP contribution in [0.2, 0.25) is 0 Å². The van der Waals surface area contributed by atoms with Crippen molar-refractivity contribution in [1.29, 1.82) is 0 Å². The maximum absolute atomic E-state index is 5.68. The number of halogens is 1. The normalized spacial score (nSPS) is 10.8. The molecule has 0 aliphatic carbocycles. The highest BCUT2D eigenvalue weighted by Crippen LogP contribution is 2.14. The predicted octanol–water partition coefficient (Wildman–Crippen LogP) is 3.73. The van der Waals surface area contributed by atoms with Crippen LogP contribution < -0.4 is 15.4 Å². The molecule has 2 rings (SSSR count). The maximum Gasteiger partial charge on any atom is 0.191 e. The first-order valence-corrected chi connectivity index (χ1v) is 8.18. The van der Waals surface area contributed by atoms with Gasteiger partial charge in [-0.1, -0.05) is 17.7 Å². The van der Waals surface area contributed by atoms with E-state index < -0.39 is 0 Å². The summed E-state index contributed by atoms with van der Waals surface area (Å²) < 4.78 is 5.68. The van der Waals surface area contributed by atoms with Gasteiger partial charge in [-0.3, -0.25) is 4.99 Å². The molecule has 126 valence electrons. The molecular weight excluding hydrogens is 421 g/mol. The van der Waals surface area contributed by atoms with Crippen molar-refractivity contribution in [3.05, 3.63) is 51.7 Å². The van der Waals surface area contributed by atoms with Gasteiger partial charge in [-0.15, -0.1) is 35.3 Å². The number of nitrogens with zero attached hydrogens (tertiary/aromatic N) is 1. The van der Waals surface area contributed by atoms with Crippen LogP contribution in [0, 0.1) is 13.8 Å². The van der Waals surface area contributed by atoms with Crippen LogP contribution in [-0.2, 0) is 6.54 Å². The Morgan fingerprint density at radius 1 is 1.09 bits per heavy atom. The third-order valence-electron chi connectivity index (χ3n) is 3.13. The number of rotatable bonds is 6. The van der Waals surface area contributed by atoms with Crippen molar-refractivity contribution < 1.29 is 4.74 Å². The van der Waals surface area contributed by atoms with E-state index in [1.165, 1.54) is 15.3 Å². The Morgan fingerprint density at radius 3 is 2.43 bits per heavy atom. The van der Waals surface area contributed by atoms with Gasteiger partial charge in [-0.2, -0.15) is 0 Å². The van der Waals surface area contributed by atoms with E-state index in [-0.39, 0.29) is 24.0 Å². The summed E-state index contributed by atoms with van der Waals surface area (Å²) in [4.78, 5) is 6.84. The van der Waals surface area contributed by atoms with Crippen molar-refractivity contribution in [3.63, 3.8) is 0 Å². The second-order valence-electron chi connectivity index (χ2n) is 5.03. The quantitative estimate of drug-likeness (QED) is 0.308. The number of guanidine groups is 1. The number of benzene rings is 1. The third-order valence-corrected chi connectivity index (χ3v) is 4.13. The molecule has 2 N–H and O–H groups in total. The van der Waals surface area contributed by atoms with E-state index in [0.29, 0.717) is 13.2 Å². The van der Waals surface area contributed by atoms with Crippen LogP contribution in [0.15, 0.2) is 41.4 Å². The Labute approximate surface area is 159 Å². The Bertz CT molecular complexity index is 611. The van der Waals surface area contributed by atoms with Crippen molar-refractivity contribution in [2.45, 2.75) is 20.4 Å². The average Bonchev–Trinajstić information content (AvgIpc) is 2.94. The average molecular weight is 445 g/mol. The lowest BCUT2D eigenvalue weighted by molar-refractivity contribution is 0.322. The minimum absolute atomic E-state index is 0. The fraction of sp³-hybridized carbons (Fsp3) is 0.353. The fourth-order valence-electron chi connectivity index (χ4n) is 1.94. The molecule has 0 atom stereocenters. The zero-order valence-electron chi connectivity index (χ0n) is 13.8. The zero-order valence-corrected chi connectivity index (χ0v) is 16.9. The van der Waals surface area contributed by atoms with Gasteiger partial charge >= 0.3 is 0 Å². The highest BCUT2D eigenvalue weighted by molar-refractivity contribution is 14.0. The summed E-state index contributed by atoms with van der Waals surface area (Å²) in [7, 11) is 1.77. The van der Waals surface area contributed by atoms with Crippen LogP contribution >= 0.6 is 35.3 Å². The minimum atomic E-state index is 0. The van der Waals surface area contributed by atoms with Crippen molar-refractivity contribution >= 4 is 41.3 Å². The van der Waals surface area contributed by atoms with Crippen LogP contribution in [0.1, 0.15) is 15.3 Å². The van der Waals surface area contributed by atoms with Crippen molar-refractivity contribution in [2.75, 3.05) is 20.2 Å². The van der Waals surface area contributed by atoms with Gasteiger partial charge in [0, 0.05) is 16.8 Å². The Kier molecular flexibility index (Phi) is 9.01. The Balaban J connectivity index is 0.00000264. The minimum Gasteiger partial charge on any atom is -0.492 e. The second-order valence-corrected chi connectivity index (χ2v) is 6.40. The first kappa shape index (κ1) is 19.8. The van der Waals surface area contributed by atoms with Gasteiger partial charge in [0.1, 0.15) is 12.4 Å². The third kappa shape index (κ3) is 7.22. The second kappa shape index (κ2) is 10.5. The summed E-state index contributed by atoms with van der Waals surface area (Å²) in [5.74, 6) is 1.68. The van der Waals surface area contributed by atoms with Gasteiger partial charge in [0.05, 0.1) is 13.1 Å². The molecule has 1 aromatic heterocycles. The molecule has 0 bridgehead atoms. The lowest BCUT2D eigenvalue weighted by atomic mass is 10.2. The standard InChI is InChI=1S/C17H23N3OS.HI/c1-13-4-7-15(8-5-13)21-11-10-19-17(18-3)20-12-16-9-6-14(2)22-16;/h4-9H,10-12H2,1-3H3,(H2,18,19,20);1H. The monoisotopic (exact) mass is 445 g/mol. The summed E-state index contributed by atoms with van der Waals surface area (Å²) >= 11 is 1.80. The van der Waals surface area contributed by atoms with Crippen molar-refractivity contribution in [2.24, 2.45) is 4.99 Å². The molecule has 0 fully saturated rings. The van der Waals surface area contributed by atoms with Crippen LogP contribution in [0.3, 0.4) is 0 Å². The first-order valence-electron chi connectivity index (χ1n) is 7.36. The number of thiophene rings is 1. The van der Waals surface area contributed by atoms with E-state index in [1.807, 2.05) is 24.3 Å². The van der Waals surface area contributed by atoms with E-state index in [1.54, 1.807) is 18.4 Å². The Hall–Kier alpha value is -1.28. The first-order chi connectivity index (χ1) is 10.7. The molecule has 0 spiro atoms. The lowest BCUT2D eigenvalue weighted by Crippen LogP contribution is -2.38. The van der Waals surface area contributed by atoms with Gasteiger partial charge in [-0.25, -0.2) is 0 Å². The van der Waals surface area contributed by atoms with Gasteiger partial charge in [0.15, 0.2) is 5.96 Å². The molecule has 0 radical (unpaired) electrons. The highest BCUT2D eigenvalue weighted by atomic mass is 127. The molecule has 4 nitrogen and oxygen atoms in total. The molecule has 6 heteroatoms. The summed E-state index contributed by atoms with van der Waals surface area (Å²) in [5.41, 5.74) is 1.24. The molecular formula is C17H24IN3OS. The van der Waals surface area contributed by atoms with Gasteiger partial charge in [-0.05, 0) is 38.1 Å². The molecule has 0 unspecified atom stereocenters. The van der Waals surface area contributed by atoms with Crippen LogP contribution in [-0.4, -0.2) is 26.2 Å². The van der Waals surface area contributed by atoms with E-state index in [9.17, 15) is 0 Å². The van der Waals surface area contributed by atoms with Gasteiger partial charge in [0.2, 0.25) is 0 Å². The summed E-state index contributed by atoms with van der Waals surface area (Å²) in [6.07, 6.45) is 0. The summed E-state index contributed by atoms with van der Waals surface area (Å²) in [5, 5.41) is 6.55. The molecule has 0 saturated heterocycles. The number of ether oxygens (including phenoxy) is 1. The predicted molar refractivity (Wildman–Crippen MR) is 109 cm³/mol. The van der Waals surface area contributed by atoms with Crippen LogP contribution in [0.25, 0.3) is 0 Å². The van der Waals surface area contributed by atoms with Crippen LogP contribution in [0.5, 0.6) is 5.75 Å². The lowest BCUT2D eigenvalue weighted by Gasteiger charge is -2.12. The highest BCUT2D eigenvalue weighted by Gasteiger charge is 2.00. The van der Waals surface area contributed by atoms with Gasteiger partial charge in [0.25, 0.3) is 0 Å². The number of aliphatic imine (C=N–C) groups is 1. The van der Waals surface area contributed by atoms with Gasteiger partial charge < -0.3 is 15.4 Å².